The van der Waals surface area contributed by atoms with Crippen LogP contribution in [0.5, 0.6) is 11.5 Å². The molecule has 3 heterocycles. The number of piperidine rings is 1. The van der Waals surface area contributed by atoms with E-state index in [4.69, 9.17) is 9.84 Å². The monoisotopic (exact) mass is 377 g/mol. The summed E-state index contributed by atoms with van der Waals surface area (Å²) < 4.78 is 6.65. The summed E-state index contributed by atoms with van der Waals surface area (Å²) in [4.78, 5) is 2.53. The summed E-state index contributed by atoms with van der Waals surface area (Å²) in [5.74, 6) is 1.28. The fourth-order valence-corrected chi connectivity index (χ4v) is 4.86. The first kappa shape index (κ1) is 17.6. The molecule has 2 aromatic carbocycles. The van der Waals surface area contributed by atoms with Gasteiger partial charge in [0.25, 0.3) is 0 Å². The molecule has 2 aromatic rings. The maximum absolute atomic E-state index is 9.91. The molecule has 0 saturated carbocycles. The molecule has 0 aromatic heterocycles. The molecule has 1 saturated heterocycles. The fraction of sp³-hybridized carbons (Fsp3) is 0.435. The van der Waals surface area contributed by atoms with E-state index < -0.39 is 0 Å². The number of aromatic hydroxyl groups is 1. The topological polar surface area (TPSA) is 48.3 Å². The van der Waals surface area contributed by atoms with Gasteiger partial charge in [0.1, 0.15) is 11.5 Å². The molecule has 3 aliphatic heterocycles. The van der Waals surface area contributed by atoms with Crippen LogP contribution in [-0.2, 0) is 0 Å². The lowest BCUT2D eigenvalue weighted by Gasteiger charge is -2.51. The summed E-state index contributed by atoms with van der Waals surface area (Å²) >= 11 is 0. The van der Waals surface area contributed by atoms with E-state index in [9.17, 15) is 5.11 Å². The number of phenols is 1. The number of nitrogens with zero attached hydrogens (tertiary/aromatic N) is 3. The average molecular weight is 377 g/mol. The first-order chi connectivity index (χ1) is 13.7. The van der Waals surface area contributed by atoms with Crippen LogP contribution in [0.2, 0.25) is 0 Å². The summed E-state index contributed by atoms with van der Waals surface area (Å²) in [5.41, 5.74) is 2.85. The zero-order valence-electron chi connectivity index (χ0n) is 16.3. The van der Waals surface area contributed by atoms with Crippen LogP contribution < -0.4 is 4.74 Å². The summed E-state index contributed by atoms with van der Waals surface area (Å²) in [6.07, 6.45) is 3.93. The highest BCUT2D eigenvalue weighted by molar-refractivity contribution is 6.02. The fourth-order valence-electron chi connectivity index (χ4n) is 4.86. The SMILES string of the molecule is CCCN1CCC2(CC1)Oc1ccccc1[C@H]1CC(c3cccc(O)c3)=NN12. The third kappa shape index (κ3) is 2.85. The molecule has 0 unspecified atom stereocenters. The number of benzene rings is 2. The lowest BCUT2D eigenvalue weighted by atomic mass is 9.90. The smallest absolute Gasteiger partial charge is 0.200 e. The Balaban J connectivity index is 1.52. The predicted octanol–water partition coefficient (Wildman–Crippen LogP) is 4.14. The quantitative estimate of drug-likeness (QED) is 0.873. The zero-order valence-corrected chi connectivity index (χ0v) is 16.3. The number of fused-ring (bicyclic) bond motifs is 4. The van der Waals surface area contributed by atoms with Gasteiger partial charge in [-0.05, 0) is 31.2 Å². The molecule has 28 heavy (non-hydrogen) atoms. The van der Waals surface area contributed by atoms with Gasteiger partial charge in [-0.15, -0.1) is 0 Å². The Labute approximate surface area is 166 Å². The molecule has 0 radical (unpaired) electrons. The average Bonchev–Trinajstić information content (AvgIpc) is 3.17. The Morgan fingerprint density at radius 1 is 1.14 bits per heavy atom. The van der Waals surface area contributed by atoms with Crippen molar-refractivity contribution in [2.45, 2.75) is 44.4 Å². The van der Waals surface area contributed by atoms with Gasteiger partial charge >= 0.3 is 0 Å². The van der Waals surface area contributed by atoms with Crippen molar-refractivity contribution >= 4 is 5.71 Å². The Morgan fingerprint density at radius 3 is 2.75 bits per heavy atom. The maximum atomic E-state index is 9.91. The Bertz CT molecular complexity index is 902. The van der Waals surface area contributed by atoms with Crippen molar-refractivity contribution in [2.75, 3.05) is 19.6 Å². The van der Waals surface area contributed by atoms with Crippen molar-refractivity contribution in [1.82, 2.24) is 9.91 Å². The van der Waals surface area contributed by atoms with Crippen LogP contribution in [0.1, 0.15) is 49.8 Å². The van der Waals surface area contributed by atoms with Crippen molar-refractivity contribution < 1.29 is 9.84 Å². The highest BCUT2D eigenvalue weighted by Gasteiger charge is 2.51. The third-order valence-electron chi connectivity index (χ3n) is 6.26. The third-order valence-corrected chi connectivity index (χ3v) is 6.26. The molecule has 1 spiro atoms. The van der Waals surface area contributed by atoms with Crippen LogP contribution in [0.25, 0.3) is 0 Å². The number of phenolic OH excluding ortho intramolecular Hbond substituents is 1. The number of hydrogen-bond donors (Lipinski definition) is 1. The minimum atomic E-state index is -0.373. The molecule has 1 N–H and O–H groups in total. The summed E-state index contributed by atoms with van der Waals surface area (Å²) in [6, 6.07) is 16.0. The van der Waals surface area contributed by atoms with Gasteiger partial charge in [0.2, 0.25) is 5.72 Å². The second-order valence-corrected chi connectivity index (χ2v) is 8.09. The van der Waals surface area contributed by atoms with Crippen molar-refractivity contribution in [1.29, 1.82) is 0 Å². The molecule has 0 amide bonds. The van der Waals surface area contributed by atoms with Crippen LogP contribution in [0.3, 0.4) is 0 Å². The molecule has 3 aliphatic rings. The normalized spacial score (nSPS) is 23.1. The number of hydrogen-bond acceptors (Lipinski definition) is 5. The number of hydrazone groups is 1. The Hall–Kier alpha value is -2.53. The first-order valence-corrected chi connectivity index (χ1v) is 10.3. The maximum Gasteiger partial charge on any atom is 0.200 e. The van der Waals surface area contributed by atoms with E-state index in [-0.39, 0.29) is 17.5 Å². The Kier molecular flexibility index (Phi) is 4.27. The molecular formula is C23H27N3O2. The van der Waals surface area contributed by atoms with E-state index in [1.54, 1.807) is 12.1 Å². The Morgan fingerprint density at radius 2 is 1.96 bits per heavy atom. The van der Waals surface area contributed by atoms with Crippen LogP contribution in [0.4, 0.5) is 0 Å². The van der Waals surface area contributed by atoms with Gasteiger partial charge in [-0.3, -0.25) is 0 Å². The molecule has 146 valence electrons. The van der Waals surface area contributed by atoms with E-state index in [1.165, 1.54) is 12.0 Å². The van der Waals surface area contributed by atoms with Crippen LogP contribution in [0, 0.1) is 0 Å². The van der Waals surface area contributed by atoms with Gasteiger partial charge < -0.3 is 14.7 Å². The number of likely N-dealkylation sites (tertiary alicyclic amines) is 1. The molecule has 0 aliphatic carbocycles. The van der Waals surface area contributed by atoms with Gasteiger partial charge in [0.15, 0.2) is 0 Å². The minimum Gasteiger partial charge on any atom is -0.508 e. The van der Waals surface area contributed by atoms with Gasteiger partial charge in [-0.1, -0.05) is 37.3 Å². The lowest BCUT2D eigenvalue weighted by molar-refractivity contribution is -0.149. The molecule has 5 nitrogen and oxygen atoms in total. The highest BCUT2D eigenvalue weighted by atomic mass is 16.5. The van der Waals surface area contributed by atoms with E-state index in [0.717, 1.165) is 55.9 Å². The molecule has 1 fully saturated rings. The van der Waals surface area contributed by atoms with Crippen molar-refractivity contribution in [3.05, 3.63) is 59.7 Å². The van der Waals surface area contributed by atoms with Crippen molar-refractivity contribution in [3.63, 3.8) is 0 Å². The lowest BCUT2D eigenvalue weighted by Crippen LogP contribution is -2.59. The van der Waals surface area contributed by atoms with Crippen molar-refractivity contribution in [3.8, 4) is 11.5 Å². The molecule has 5 heteroatoms. The standard InChI is InChI=1S/C23H27N3O2/c1-2-12-25-13-10-23(11-14-25)26-21(19-8-3-4-9-22(19)28-23)16-20(24-26)17-6-5-7-18(27)15-17/h3-9,15,21,27H,2,10-14,16H2,1H3/t21-/m1/s1. The summed E-state index contributed by atoms with van der Waals surface area (Å²) in [7, 11) is 0. The van der Waals surface area contributed by atoms with E-state index in [1.807, 2.05) is 12.1 Å². The predicted molar refractivity (Wildman–Crippen MR) is 110 cm³/mol. The minimum absolute atomic E-state index is 0.194. The van der Waals surface area contributed by atoms with Crippen LogP contribution in [0.15, 0.2) is 53.6 Å². The number of ether oxygens (including phenoxy) is 1. The number of rotatable bonds is 3. The highest BCUT2D eigenvalue weighted by Crippen LogP contribution is 2.49. The zero-order chi connectivity index (χ0) is 19.1. The van der Waals surface area contributed by atoms with E-state index in [0.29, 0.717) is 0 Å². The largest absolute Gasteiger partial charge is 0.508 e. The van der Waals surface area contributed by atoms with Gasteiger partial charge in [-0.25, -0.2) is 5.01 Å². The first-order valence-electron chi connectivity index (χ1n) is 10.3. The summed E-state index contributed by atoms with van der Waals surface area (Å²) in [6.45, 7) is 5.46. The number of para-hydroxylation sites is 1. The van der Waals surface area contributed by atoms with E-state index >= 15 is 0 Å². The van der Waals surface area contributed by atoms with Crippen LogP contribution >= 0.6 is 0 Å². The molecule has 1 atom stereocenters. The van der Waals surface area contributed by atoms with Crippen LogP contribution in [-0.4, -0.2) is 46.1 Å². The van der Waals surface area contributed by atoms with Crippen molar-refractivity contribution in [2.24, 2.45) is 5.10 Å². The second kappa shape index (κ2) is 6.82. The van der Waals surface area contributed by atoms with Gasteiger partial charge in [-0.2, -0.15) is 5.10 Å². The molecule has 5 rings (SSSR count). The van der Waals surface area contributed by atoms with Gasteiger partial charge in [0.05, 0.1) is 11.8 Å². The van der Waals surface area contributed by atoms with Gasteiger partial charge in [0, 0.05) is 43.5 Å². The van der Waals surface area contributed by atoms with E-state index in [2.05, 4.69) is 41.1 Å². The molecule has 0 bridgehead atoms. The summed E-state index contributed by atoms with van der Waals surface area (Å²) in [5, 5.41) is 17.2. The second-order valence-electron chi connectivity index (χ2n) is 8.09. The molecular weight excluding hydrogens is 350 g/mol.